The van der Waals surface area contributed by atoms with Crippen molar-refractivity contribution in [3.8, 4) is 0 Å². The zero-order valence-electron chi connectivity index (χ0n) is 6.68. The quantitative estimate of drug-likeness (QED) is 0.568. The first-order chi connectivity index (χ1) is 4.72. The largest absolute Gasteiger partial charge is 0.397 e. The third kappa shape index (κ3) is 3.25. The average molecular weight is 142 g/mol. The van der Waals surface area contributed by atoms with Gasteiger partial charge in [-0.25, -0.2) is 4.98 Å². The molecule has 0 saturated heterocycles. The van der Waals surface area contributed by atoms with Crippen LogP contribution in [0, 0.1) is 13.8 Å². The van der Waals surface area contributed by atoms with Crippen LogP contribution < -0.4 is 0 Å². The fourth-order valence-electron chi connectivity index (χ4n) is 0.427. The number of H-pyrrole nitrogens is 1. The summed E-state index contributed by atoms with van der Waals surface area (Å²) in [6.07, 6.45) is 1.70. The zero-order chi connectivity index (χ0) is 7.98. The summed E-state index contributed by atoms with van der Waals surface area (Å²) in [4.78, 5) is 6.92. The summed E-state index contributed by atoms with van der Waals surface area (Å²) in [6, 6.07) is 0. The van der Waals surface area contributed by atoms with Crippen LogP contribution in [0.25, 0.3) is 0 Å². The minimum absolute atomic E-state index is 0.250. The molecular weight excluding hydrogens is 128 g/mol. The molecule has 1 aromatic rings. The van der Waals surface area contributed by atoms with Crippen LogP contribution in [0.3, 0.4) is 0 Å². The normalized spacial score (nSPS) is 8.40. The van der Waals surface area contributed by atoms with E-state index >= 15 is 0 Å². The second-order valence-corrected chi connectivity index (χ2v) is 1.93. The molecule has 0 bridgehead atoms. The van der Waals surface area contributed by atoms with Crippen molar-refractivity contribution in [1.82, 2.24) is 9.97 Å². The Morgan fingerprint density at radius 1 is 1.60 bits per heavy atom. The number of aryl methyl sites for hydroxylation is 2. The Balaban J connectivity index is 0.000000236. The van der Waals surface area contributed by atoms with Crippen molar-refractivity contribution in [3.05, 3.63) is 17.7 Å². The summed E-state index contributed by atoms with van der Waals surface area (Å²) >= 11 is 0. The molecule has 0 saturated carbocycles. The van der Waals surface area contributed by atoms with Gasteiger partial charge in [0.05, 0.1) is 12.0 Å². The number of imidazole rings is 1. The molecule has 58 valence electrons. The first kappa shape index (κ1) is 9.17. The highest BCUT2D eigenvalue weighted by molar-refractivity contribution is 5.04. The fraction of sp³-hybridized carbons (Fsp3) is 0.571. The summed E-state index contributed by atoms with van der Waals surface area (Å²) in [6.45, 7) is 5.91. The lowest BCUT2D eigenvalue weighted by Gasteiger charge is -1.79. The van der Waals surface area contributed by atoms with Crippen molar-refractivity contribution in [2.24, 2.45) is 0 Å². The Kier molecular flexibility index (Phi) is 4.58. The van der Waals surface area contributed by atoms with Crippen LogP contribution in [0.2, 0.25) is 0 Å². The molecule has 0 aromatic carbocycles. The molecule has 1 heterocycles. The van der Waals surface area contributed by atoms with Gasteiger partial charge in [-0.2, -0.15) is 0 Å². The molecule has 0 aliphatic heterocycles. The molecule has 0 fully saturated rings. The molecule has 0 unspecified atom stereocenters. The molecule has 1 rings (SSSR count). The predicted molar refractivity (Wildman–Crippen MR) is 40.8 cm³/mol. The van der Waals surface area contributed by atoms with Crippen molar-refractivity contribution >= 4 is 0 Å². The molecule has 0 aliphatic rings. The number of rotatable bonds is 0. The number of aromatic amines is 1. The molecule has 0 atom stereocenters. The Hall–Kier alpha value is -0.830. The number of hydrogen-bond donors (Lipinski definition) is 2. The lowest BCUT2D eigenvalue weighted by Crippen LogP contribution is -1.71. The maximum atomic E-state index is 7.57. The number of hydrogen-bond acceptors (Lipinski definition) is 2. The lowest BCUT2D eigenvalue weighted by atomic mass is 10.4. The van der Waals surface area contributed by atoms with Gasteiger partial charge in [-0.3, -0.25) is 0 Å². The van der Waals surface area contributed by atoms with Crippen LogP contribution in [-0.4, -0.2) is 21.7 Å². The number of aromatic nitrogens is 2. The van der Waals surface area contributed by atoms with Gasteiger partial charge in [0.25, 0.3) is 0 Å². The van der Waals surface area contributed by atoms with Crippen molar-refractivity contribution in [1.29, 1.82) is 0 Å². The molecule has 1 aromatic heterocycles. The van der Waals surface area contributed by atoms with Crippen LogP contribution in [0.4, 0.5) is 0 Å². The van der Waals surface area contributed by atoms with Gasteiger partial charge < -0.3 is 10.1 Å². The predicted octanol–water partition coefficient (Wildman–Crippen LogP) is 1.03. The first-order valence-electron chi connectivity index (χ1n) is 3.29. The van der Waals surface area contributed by atoms with E-state index < -0.39 is 0 Å². The first-order valence-corrected chi connectivity index (χ1v) is 3.29. The summed E-state index contributed by atoms with van der Waals surface area (Å²) in [5.74, 6) is 0. The van der Waals surface area contributed by atoms with Gasteiger partial charge in [0.2, 0.25) is 0 Å². The average Bonchev–Trinajstić information content (AvgIpc) is 2.19. The molecule has 3 heteroatoms. The van der Waals surface area contributed by atoms with Crippen molar-refractivity contribution in [3.63, 3.8) is 0 Å². The van der Waals surface area contributed by atoms with Gasteiger partial charge in [0, 0.05) is 12.3 Å². The number of aliphatic hydroxyl groups is 1. The monoisotopic (exact) mass is 142 g/mol. The summed E-state index contributed by atoms with van der Waals surface area (Å²) < 4.78 is 0. The second kappa shape index (κ2) is 4.99. The topological polar surface area (TPSA) is 48.9 Å². The third-order valence-electron chi connectivity index (χ3n) is 1.08. The fourth-order valence-corrected chi connectivity index (χ4v) is 0.427. The molecule has 0 radical (unpaired) electrons. The molecule has 0 amide bonds. The van der Waals surface area contributed by atoms with Gasteiger partial charge in [0.15, 0.2) is 0 Å². The van der Waals surface area contributed by atoms with E-state index in [9.17, 15) is 0 Å². The maximum absolute atomic E-state index is 7.57. The van der Waals surface area contributed by atoms with E-state index in [2.05, 4.69) is 9.97 Å². The molecule has 10 heavy (non-hydrogen) atoms. The Bertz CT molecular complexity index is 155. The van der Waals surface area contributed by atoms with Gasteiger partial charge in [-0.15, -0.1) is 0 Å². The Morgan fingerprint density at radius 2 is 2.10 bits per heavy atom. The number of nitrogens with one attached hydrogen (secondary N) is 1. The van der Waals surface area contributed by atoms with Crippen molar-refractivity contribution in [2.45, 2.75) is 20.8 Å². The smallest absolute Gasteiger partial charge is 0.0925 e. The van der Waals surface area contributed by atoms with Gasteiger partial charge in [-0.1, -0.05) is 0 Å². The van der Waals surface area contributed by atoms with E-state index in [-0.39, 0.29) is 6.61 Å². The molecule has 0 spiro atoms. The summed E-state index contributed by atoms with van der Waals surface area (Å²) in [7, 11) is 0. The van der Waals surface area contributed by atoms with Crippen LogP contribution in [0.15, 0.2) is 6.33 Å². The number of nitrogens with zero attached hydrogens (tertiary/aromatic N) is 1. The third-order valence-corrected chi connectivity index (χ3v) is 1.08. The Morgan fingerprint density at radius 3 is 2.20 bits per heavy atom. The van der Waals surface area contributed by atoms with E-state index in [1.807, 2.05) is 13.8 Å². The highest BCUT2D eigenvalue weighted by Gasteiger charge is 1.87. The zero-order valence-corrected chi connectivity index (χ0v) is 6.68. The summed E-state index contributed by atoms with van der Waals surface area (Å²) in [5.41, 5.74) is 2.24. The van der Waals surface area contributed by atoms with E-state index in [1.165, 1.54) is 0 Å². The minimum atomic E-state index is 0.250. The minimum Gasteiger partial charge on any atom is -0.397 e. The highest BCUT2D eigenvalue weighted by Crippen LogP contribution is 1.94. The molecular formula is C7H14N2O. The molecule has 0 aliphatic carbocycles. The number of aliphatic hydroxyl groups excluding tert-OH is 1. The van der Waals surface area contributed by atoms with E-state index in [0.29, 0.717) is 0 Å². The maximum Gasteiger partial charge on any atom is 0.0925 e. The van der Waals surface area contributed by atoms with Crippen molar-refractivity contribution < 1.29 is 5.11 Å². The second-order valence-electron chi connectivity index (χ2n) is 1.93. The van der Waals surface area contributed by atoms with Gasteiger partial charge in [0.1, 0.15) is 0 Å². The highest BCUT2D eigenvalue weighted by atomic mass is 16.2. The SMILES string of the molecule is CCO.Cc1nc[nH]c1C. The summed E-state index contributed by atoms with van der Waals surface area (Å²) in [5, 5.41) is 7.57. The van der Waals surface area contributed by atoms with E-state index in [4.69, 9.17) is 5.11 Å². The van der Waals surface area contributed by atoms with E-state index in [1.54, 1.807) is 13.3 Å². The Labute approximate surface area is 61.1 Å². The standard InChI is InChI=1S/C5H8N2.C2H6O/c1-4-5(2)7-3-6-4;1-2-3/h3H,1-2H3,(H,6,7);3H,2H2,1H3. The van der Waals surface area contributed by atoms with Crippen LogP contribution in [0.1, 0.15) is 18.3 Å². The van der Waals surface area contributed by atoms with E-state index in [0.717, 1.165) is 11.4 Å². The molecule has 2 N–H and O–H groups in total. The van der Waals surface area contributed by atoms with Gasteiger partial charge in [-0.05, 0) is 20.8 Å². The van der Waals surface area contributed by atoms with Crippen LogP contribution in [-0.2, 0) is 0 Å². The van der Waals surface area contributed by atoms with Crippen LogP contribution >= 0.6 is 0 Å². The van der Waals surface area contributed by atoms with Crippen LogP contribution in [0.5, 0.6) is 0 Å². The molecule has 3 nitrogen and oxygen atoms in total. The lowest BCUT2D eigenvalue weighted by molar-refractivity contribution is 0.318. The van der Waals surface area contributed by atoms with Crippen molar-refractivity contribution in [2.75, 3.05) is 6.61 Å². The van der Waals surface area contributed by atoms with Gasteiger partial charge >= 0.3 is 0 Å².